The molecule has 7 nitrogen and oxygen atoms in total. The molecule has 4 aromatic rings. The minimum atomic E-state index is -0.435. The molecule has 0 saturated carbocycles. The molecule has 1 N–H and O–H groups in total. The lowest BCUT2D eigenvalue weighted by Crippen LogP contribution is -2.01. The van der Waals surface area contributed by atoms with E-state index in [0.717, 1.165) is 21.9 Å². The van der Waals surface area contributed by atoms with Crippen LogP contribution in [0.25, 0.3) is 10.8 Å². The van der Waals surface area contributed by atoms with Gasteiger partial charge in [0.25, 0.3) is 5.69 Å². The molecule has 3 aromatic carbocycles. The number of nitrogens with one attached hydrogen (secondary N) is 1. The van der Waals surface area contributed by atoms with Crippen LogP contribution >= 0.6 is 12.2 Å². The summed E-state index contributed by atoms with van der Waals surface area (Å²) in [7, 11) is 0. The lowest BCUT2D eigenvalue weighted by molar-refractivity contribution is -0.384. The van der Waals surface area contributed by atoms with Crippen LogP contribution in [0.5, 0.6) is 0 Å². The minimum absolute atomic E-state index is 0.0358. The normalized spacial score (nSPS) is 11.3. The largest absolute Gasteiger partial charge is 0.269 e. The fourth-order valence-electron chi connectivity index (χ4n) is 2.98. The number of nitro benzene ring substituents is 1. The summed E-state index contributed by atoms with van der Waals surface area (Å²) >= 11 is 5.30. The van der Waals surface area contributed by atoms with Crippen molar-refractivity contribution in [1.82, 2.24) is 14.9 Å². The molecule has 0 aliphatic carbocycles. The summed E-state index contributed by atoms with van der Waals surface area (Å²) < 4.78 is 1.95. The number of fused-ring (bicyclic) bond motifs is 1. The molecule has 138 valence electrons. The quantitative estimate of drug-likeness (QED) is 0.236. The van der Waals surface area contributed by atoms with Gasteiger partial charge in [0.05, 0.1) is 11.1 Å². The summed E-state index contributed by atoms with van der Waals surface area (Å²) in [6.07, 6.45) is 2.16. The third kappa shape index (κ3) is 3.58. The lowest BCUT2D eigenvalue weighted by Gasteiger charge is -2.06. The maximum absolute atomic E-state index is 10.8. The first kappa shape index (κ1) is 17.7. The third-order valence-corrected chi connectivity index (χ3v) is 4.64. The number of nitrogens with zero attached hydrogens (tertiary/aromatic N) is 4. The highest BCUT2D eigenvalue weighted by Crippen LogP contribution is 2.21. The van der Waals surface area contributed by atoms with Crippen LogP contribution in [0.4, 0.5) is 5.69 Å². The van der Waals surface area contributed by atoms with Gasteiger partial charge in [0.15, 0.2) is 5.82 Å². The highest BCUT2D eigenvalue weighted by atomic mass is 32.1. The molecular formula is C20H15N5O2S. The number of nitro groups is 1. The first-order valence-corrected chi connectivity index (χ1v) is 8.94. The van der Waals surface area contributed by atoms with Crippen LogP contribution in [0, 0.1) is 14.9 Å². The second-order valence-electron chi connectivity index (χ2n) is 6.17. The number of hydrogen-bond acceptors (Lipinski definition) is 5. The molecule has 1 heterocycles. The Morgan fingerprint density at radius 2 is 1.86 bits per heavy atom. The van der Waals surface area contributed by atoms with E-state index < -0.39 is 4.92 Å². The van der Waals surface area contributed by atoms with E-state index in [1.54, 1.807) is 23.0 Å². The van der Waals surface area contributed by atoms with Crippen LogP contribution in [-0.4, -0.2) is 26.0 Å². The second kappa shape index (κ2) is 7.53. The van der Waals surface area contributed by atoms with E-state index in [4.69, 9.17) is 12.2 Å². The van der Waals surface area contributed by atoms with Gasteiger partial charge in [-0.15, -0.1) is 0 Å². The Labute approximate surface area is 165 Å². The Morgan fingerprint density at radius 3 is 2.64 bits per heavy atom. The van der Waals surface area contributed by atoms with E-state index in [1.165, 1.54) is 12.1 Å². The maximum atomic E-state index is 10.8. The van der Waals surface area contributed by atoms with Crippen molar-refractivity contribution < 1.29 is 4.92 Å². The smallest absolute Gasteiger partial charge is 0.258 e. The predicted molar refractivity (Wildman–Crippen MR) is 110 cm³/mol. The molecule has 0 fully saturated rings. The van der Waals surface area contributed by atoms with Crippen LogP contribution < -0.4 is 0 Å². The molecule has 0 aliphatic rings. The highest BCUT2D eigenvalue weighted by molar-refractivity contribution is 7.71. The van der Waals surface area contributed by atoms with Crippen LogP contribution in [0.3, 0.4) is 0 Å². The summed E-state index contributed by atoms with van der Waals surface area (Å²) in [5.41, 5.74) is 1.89. The van der Waals surface area contributed by atoms with Crippen LogP contribution in [0.15, 0.2) is 71.8 Å². The van der Waals surface area contributed by atoms with E-state index >= 15 is 0 Å². The van der Waals surface area contributed by atoms with Gasteiger partial charge in [-0.1, -0.05) is 42.5 Å². The zero-order valence-corrected chi connectivity index (χ0v) is 15.5. The first-order valence-electron chi connectivity index (χ1n) is 8.53. The number of benzene rings is 3. The maximum Gasteiger partial charge on any atom is 0.269 e. The van der Waals surface area contributed by atoms with Gasteiger partial charge >= 0.3 is 0 Å². The van der Waals surface area contributed by atoms with Crippen molar-refractivity contribution in [1.29, 1.82) is 0 Å². The van der Waals surface area contributed by atoms with Gasteiger partial charge in [-0.05, 0) is 46.2 Å². The summed E-state index contributed by atoms with van der Waals surface area (Å²) in [5.74, 6) is 0.680. The summed E-state index contributed by atoms with van der Waals surface area (Å²) in [6.45, 7) is 0. The summed E-state index contributed by atoms with van der Waals surface area (Å²) in [5, 5.41) is 24.6. The molecule has 0 atom stereocenters. The molecule has 0 spiro atoms. The fraction of sp³-hybridized carbons (Fsp3) is 0.0500. The molecule has 0 bridgehead atoms. The zero-order chi connectivity index (χ0) is 19.5. The van der Waals surface area contributed by atoms with Gasteiger partial charge in [0.2, 0.25) is 4.77 Å². The van der Waals surface area contributed by atoms with Gasteiger partial charge in [0, 0.05) is 18.6 Å². The molecule has 0 unspecified atom stereocenters. The standard InChI is InChI=1S/C20H15N5O2S/c26-25(27)17-10-8-14(9-11-17)13-21-24-19(22-23-20(24)28)12-16-6-3-5-15-4-1-2-7-18(15)16/h1-11,13H,12H2,(H,23,28)/b21-13+. The van der Waals surface area contributed by atoms with E-state index in [2.05, 4.69) is 39.6 Å². The molecule has 4 rings (SSSR count). The Kier molecular flexibility index (Phi) is 4.77. The van der Waals surface area contributed by atoms with Crippen molar-refractivity contribution in [2.45, 2.75) is 6.42 Å². The Balaban J connectivity index is 1.64. The zero-order valence-electron chi connectivity index (χ0n) is 14.6. The van der Waals surface area contributed by atoms with Crippen molar-refractivity contribution in [3.05, 3.63) is 98.6 Å². The van der Waals surface area contributed by atoms with Gasteiger partial charge in [-0.25, -0.2) is 0 Å². The van der Waals surface area contributed by atoms with Crippen LogP contribution in [0.1, 0.15) is 17.0 Å². The lowest BCUT2D eigenvalue weighted by atomic mass is 10.0. The average Bonchev–Trinajstić information content (AvgIpc) is 3.06. The van der Waals surface area contributed by atoms with E-state index in [1.807, 2.05) is 18.2 Å². The highest BCUT2D eigenvalue weighted by Gasteiger charge is 2.09. The number of hydrogen-bond donors (Lipinski definition) is 1. The number of rotatable bonds is 5. The molecule has 1 aromatic heterocycles. The van der Waals surface area contributed by atoms with Crippen molar-refractivity contribution >= 4 is 34.9 Å². The second-order valence-corrected chi connectivity index (χ2v) is 6.55. The molecule has 0 radical (unpaired) electrons. The summed E-state index contributed by atoms with van der Waals surface area (Å²) in [6, 6.07) is 20.5. The first-order chi connectivity index (χ1) is 13.6. The minimum Gasteiger partial charge on any atom is -0.258 e. The molecule has 0 saturated heterocycles. The van der Waals surface area contributed by atoms with Crippen molar-refractivity contribution in [2.24, 2.45) is 5.10 Å². The Morgan fingerprint density at radius 1 is 1.11 bits per heavy atom. The number of non-ortho nitro benzene ring substituents is 1. The molecule has 0 aliphatic heterocycles. The van der Waals surface area contributed by atoms with Crippen molar-refractivity contribution in [3.8, 4) is 0 Å². The van der Waals surface area contributed by atoms with Gasteiger partial charge in [0.1, 0.15) is 0 Å². The topological polar surface area (TPSA) is 89.1 Å². The van der Waals surface area contributed by atoms with Crippen molar-refractivity contribution in [3.63, 3.8) is 0 Å². The predicted octanol–water partition coefficient (Wildman–Crippen LogP) is 4.48. The van der Waals surface area contributed by atoms with E-state index in [-0.39, 0.29) is 5.69 Å². The van der Waals surface area contributed by atoms with E-state index in [9.17, 15) is 10.1 Å². The molecular weight excluding hydrogens is 374 g/mol. The van der Waals surface area contributed by atoms with Crippen LogP contribution in [0.2, 0.25) is 0 Å². The number of H-pyrrole nitrogens is 1. The van der Waals surface area contributed by atoms with Gasteiger partial charge in [-0.3, -0.25) is 15.2 Å². The number of aromatic amines is 1. The van der Waals surface area contributed by atoms with Crippen molar-refractivity contribution in [2.75, 3.05) is 0 Å². The molecule has 8 heteroatoms. The van der Waals surface area contributed by atoms with Crippen LogP contribution in [-0.2, 0) is 6.42 Å². The SMILES string of the molecule is O=[N+]([O-])c1ccc(/C=N/n2c(Cc3cccc4ccccc34)n[nH]c2=S)cc1. The summed E-state index contributed by atoms with van der Waals surface area (Å²) in [4.78, 5) is 10.3. The average molecular weight is 389 g/mol. The fourth-order valence-corrected chi connectivity index (χ4v) is 3.18. The Hall–Kier alpha value is -3.65. The molecule has 0 amide bonds. The van der Waals surface area contributed by atoms with Gasteiger partial charge in [-0.2, -0.15) is 14.9 Å². The van der Waals surface area contributed by atoms with Gasteiger partial charge < -0.3 is 0 Å². The third-order valence-electron chi connectivity index (χ3n) is 4.37. The monoisotopic (exact) mass is 389 g/mol. The van der Waals surface area contributed by atoms with E-state index in [0.29, 0.717) is 17.0 Å². The molecule has 28 heavy (non-hydrogen) atoms. The number of aromatic nitrogens is 3. The Bertz CT molecular complexity index is 1240.